The van der Waals surface area contributed by atoms with Gasteiger partial charge >= 0.3 is 5.97 Å². The van der Waals surface area contributed by atoms with Crippen molar-refractivity contribution in [2.75, 3.05) is 6.61 Å². The van der Waals surface area contributed by atoms with Gasteiger partial charge in [-0.2, -0.15) is 0 Å². The van der Waals surface area contributed by atoms with E-state index in [1.807, 2.05) is 25.1 Å². The number of hydrogen-bond donors (Lipinski definition) is 2. The second-order valence-electron chi connectivity index (χ2n) is 5.40. The van der Waals surface area contributed by atoms with Crippen molar-refractivity contribution in [3.63, 3.8) is 0 Å². The first-order chi connectivity index (χ1) is 9.81. The molecular weight excluding hydrogens is 270 g/mol. The summed E-state index contributed by atoms with van der Waals surface area (Å²) in [6.45, 7) is 7.95. The first-order valence-corrected chi connectivity index (χ1v) is 7.06. The van der Waals surface area contributed by atoms with Crippen LogP contribution in [0.25, 0.3) is 0 Å². The number of aryl methyl sites for hydroxylation is 1. The molecule has 0 aromatic heterocycles. The average Bonchev–Trinajstić information content (AvgIpc) is 2.38. The van der Waals surface area contributed by atoms with Gasteiger partial charge in [0, 0.05) is 0 Å². The lowest BCUT2D eigenvalue weighted by molar-refractivity contribution is -0.141. The van der Waals surface area contributed by atoms with E-state index in [0.29, 0.717) is 5.92 Å². The highest BCUT2D eigenvalue weighted by molar-refractivity contribution is 5.83. The summed E-state index contributed by atoms with van der Waals surface area (Å²) in [5.41, 5.74) is 2.43. The minimum absolute atomic E-state index is 0.128. The first-order valence-electron chi connectivity index (χ1n) is 7.06. The molecule has 1 atom stereocenters. The molecule has 21 heavy (non-hydrogen) atoms. The summed E-state index contributed by atoms with van der Waals surface area (Å²) in [5.74, 6) is -0.206. The Balaban J connectivity index is 2.44. The molecule has 0 radical (unpaired) electrons. The van der Waals surface area contributed by atoms with Crippen LogP contribution < -0.4 is 10.1 Å². The van der Waals surface area contributed by atoms with Gasteiger partial charge in [-0.05, 0) is 43.0 Å². The lowest BCUT2D eigenvalue weighted by Gasteiger charge is -2.13. The Bertz CT molecular complexity index is 511. The number of aliphatic carboxylic acids is 1. The van der Waals surface area contributed by atoms with Gasteiger partial charge in [-0.1, -0.05) is 19.9 Å². The van der Waals surface area contributed by atoms with E-state index in [1.165, 1.54) is 12.5 Å². The smallest absolute Gasteiger partial charge is 0.325 e. The van der Waals surface area contributed by atoms with Gasteiger partial charge in [-0.15, -0.1) is 0 Å². The Morgan fingerprint density at radius 2 is 1.95 bits per heavy atom. The van der Waals surface area contributed by atoms with Gasteiger partial charge in [0.05, 0.1) is 13.0 Å². The molecule has 5 nitrogen and oxygen atoms in total. The molecule has 0 aliphatic heterocycles. The molecule has 0 saturated heterocycles. The predicted octanol–water partition coefficient (Wildman–Crippen LogP) is 2.48. The summed E-state index contributed by atoms with van der Waals surface area (Å²) in [6.07, 6.45) is 0.128. The number of nitrogens with one attached hydrogen (secondary N) is 1. The third kappa shape index (κ3) is 5.45. The highest BCUT2D eigenvalue weighted by Gasteiger charge is 2.13. The molecule has 1 rings (SSSR count). The molecular formula is C16H23NO4. The second-order valence-corrected chi connectivity index (χ2v) is 5.40. The predicted molar refractivity (Wildman–Crippen MR) is 80.6 cm³/mol. The molecule has 1 unspecified atom stereocenters. The molecule has 0 heterocycles. The normalized spacial score (nSPS) is 12.0. The third-order valence-corrected chi connectivity index (χ3v) is 3.21. The van der Waals surface area contributed by atoms with Gasteiger partial charge in [0.1, 0.15) is 11.8 Å². The molecule has 0 aliphatic rings. The van der Waals surface area contributed by atoms with Crippen molar-refractivity contribution < 1.29 is 19.4 Å². The monoisotopic (exact) mass is 293 g/mol. The summed E-state index contributed by atoms with van der Waals surface area (Å²) in [4.78, 5) is 22.1. The van der Waals surface area contributed by atoms with Crippen LogP contribution in [0.2, 0.25) is 0 Å². The van der Waals surface area contributed by atoms with Gasteiger partial charge in [0.15, 0.2) is 0 Å². The Morgan fingerprint density at radius 3 is 2.48 bits per heavy atom. The number of amides is 1. The summed E-state index contributed by atoms with van der Waals surface area (Å²) in [6, 6.07) is 4.99. The molecule has 0 spiro atoms. The Hall–Kier alpha value is -2.04. The highest BCUT2D eigenvalue weighted by Crippen LogP contribution is 2.23. The molecule has 0 fully saturated rings. The lowest BCUT2D eigenvalue weighted by Crippen LogP contribution is -2.38. The molecule has 1 aromatic rings. The van der Waals surface area contributed by atoms with Crippen molar-refractivity contribution in [2.45, 2.75) is 46.1 Å². The number of carboxylic acid groups (broad SMARTS) is 1. The topological polar surface area (TPSA) is 75.6 Å². The number of benzene rings is 1. The summed E-state index contributed by atoms with van der Waals surface area (Å²) >= 11 is 0. The number of carbonyl (C=O) groups excluding carboxylic acids is 1. The van der Waals surface area contributed by atoms with Crippen LogP contribution >= 0.6 is 0 Å². The molecule has 1 amide bonds. The van der Waals surface area contributed by atoms with Crippen molar-refractivity contribution in [3.05, 3.63) is 29.3 Å². The number of hydrogen-bond acceptors (Lipinski definition) is 3. The van der Waals surface area contributed by atoms with E-state index >= 15 is 0 Å². The zero-order valence-corrected chi connectivity index (χ0v) is 13.0. The molecule has 0 bridgehead atoms. The van der Waals surface area contributed by atoms with Gasteiger partial charge in [-0.3, -0.25) is 9.59 Å². The van der Waals surface area contributed by atoms with E-state index in [-0.39, 0.29) is 18.9 Å². The van der Waals surface area contributed by atoms with Crippen molar-refractivity contribution in [2.24, 2.45) is 0 Å². The van der Waals surface area contributed by atoms with Crippen LogP contribution in [0.4, 0.5) is 0 Å². The first kappa shape index (κ1) is 17.0. The molecule has 5 heteroatoms. The quantitative estimate of drug-likeness (QED) is 0.810. The number of carboxylic acids is 1. The van der Waals surface area contributed by atoms with E-state index in [4.69, 9.17) is 9.84 Å². The average molecular weight is 293 g/mol. The van der Waals surface area contributed by atoms with Crippen molar-refractivity contribution in [3.8, 4) is 5.75 Å². The molecule has 2 N–H and O–H groups in total. The molecule has 1 aromatic carbocycles. The fraction of sp³-hybridized carbons (Fsp3) is 0.500. The van der Waals surface area contributed by atoms with E-state index in [9.17, 15) is 9.59 Å². The van der Waals surface area contributed by atoms with Gasteiger partial charge in [0.2, 0.25) is 5.91 Å². The van der Waals surface area contributed by atoms with Crippen molar-refractivity contribution in [1.82, 2.24) is 5.32 Å². The zero-order chi connectivity index (χ0) is 16.0. The largest absolute Gasteiger partial charge is 0.493 e. The van der Waals surface area contributed by atoms with Crippen molar-refractivity contribution in [1.29, 1.82) is 0 Å². The Labute approximate surface area is 125 Å². The van der Waals surface area contributed by atoms with E-state index in [2.05, 4.69) is 19.2 Å². The van der Waals surface area contributed by atoms with E-state index in [1.54, 1.807) is 0 Å². The third-order valence-electron chi connectivity index (χ3n) is 3.21. The fourth-order valence-electron chi connectivity index (χ4n) is 2.02. The van der Waals surface area contributed by atoms with Gasteiger partial charge in [-0.25, -0.2) is 0 Å². The fourth-order valence-corrected chi connectivity index (χ4v) is 2.02. The van der Waals surface area contributed by atoms with E-state index < -0.39 is 12.0 Å². The standard InChI is InChI=1S/C16H23NO4/c1-10(2)14-6-5-13(9-11(14)3)21-8-7-15(18)17-12(4)16(19)20/h5-6,9-10,12H,7-8H2,1-4H3,(H,17,18)(H,19,20). The Kier molecular flexibility index (Phi) is 6.21. The van der Waals surface area contributed by atoms with E-state index in [0.717, 1.165) is 11.3 Å². The SMILES string of the molecule is Cc1cc(OCCC(=O)NC(C)C(=O)O)ccc1C(C)C. The van der Waals surface area contributed by atoms with Crippen LogP contribution in [0.1, 0.15) is 44.2 Å². The van der Waals surface area contributed by atoms with Crippen LogP contribution in [-0.4, -0.2) is 29.6 Å². The van der Waals surface area contributed by atoms with Crippen LogP contribution in [-0.2, 0) is 9.59 Å². The number of ether oxygens (including phenoxy) is 1. The Morgan fingerprint density at radius 1 is 1.29 bits per heavy atom. The van der Waals surface area contributed by atoms with Crippen LogP contribution in [0.15, 0.2) is 18.2 Å². The maximum Gasteiger partial charge on any atom is 0.325 e. The molecule has 0 aliphatic carbocycles. The molecule has 116 valence electrons. The van der Waals surface area contributed by atoms with Crippen LogP contribution in [0, 0.1) is 6.92 Å². The van der Waals surface area contributed by atoms with Gasteiger partial charge < -0.3 is 15.2 Å². The second kappa shape index (κ2) is 7.67. The van der Waals surface area contributed by atoms with Crippen molar-refractivity contribution >= 4 is 11.9 Å². The number of rotatable bonds is 7. The summed E-state index contributed by atoms with van der Waals surface area (Å²) < 4.78 is 5.53. The number of carbonyl (C=O) groups is 2. The maximum atomic E-state index is 11.5. The summed E-state index contributed by atoms with van der Waals surface area (Å²) in [5, 5.41) is 11.1. The minimum atomic E-state index is -1.05. The van der Waals surface area contributed by atoms with Gasteiger partial charge in [0.25, 0.3) is 0 Å². The van der Waals surface area contributed by atoms with Crippen LogP contribution in [0.3, 0.4) is 0 Å². The lowest BCUT2D eigenvalue weighted by atomic mass is 9.98. The molecule has 0 saturated carbocycles. The minimum Gasteiger partial charge on any atom is -0.493 e. The highest BCUT2D eigenvalue weighted by atomic mass is 16.5. The summed E-state index contributed by atoms with van der Waals surface area (Å²) in [7, 11) is 0. The maximum absolute atomic E-state index is 11.5. The zero-order valence-electron chi connectivity index (χ0n) is 13.0. The van der Waals surface area contributed by atoms with Crippen LogP contribution in [0.5, 0.6) is 5.75 Å².